The molecule has 0 atom stereocenters. The summed E-state index contributed by atoms with van der Waals surface area (Å²) in [6.45, 7) is 0. The first-order valence-corrected chi connectivity index (χ1v) is 5.98. The van der Waals surface area contributed by atoms with E-state index in [2.05, 4.69) is 14.9 Å². The molecule has 1 aromatic carbocycles. The molecule has 0 radical (unpaired) electrons. The molecular weight excluding hydrogens is 285 g/mol. The average molecular weight is 294 g/mol. The predicted octanol–water partition coefficient (Wildman–Crippen LogP) is 3.14. The number of nitriles is 2. The highest BCUT2D eigenvalue weighted by Crippen LogP contribution is 2.34. The Morgan fingerprint density at radius 1 is 1.10 bits per heavy atom. The van der Waals surface area contributed by atoms with Gasteiger partial charge in [0.05, 0.1) is 12.1 Å². The molecule has 0 aliphatic heterocycles. The number of benzene rings is 1. The number of rotatable bonds is 4. The second-order valence-corrected chi connectivity index (χ2v) is 4.65. The van der Waals surface area contributed by atoms with Crippen molar-refractivity contribution in [2.45, 2.75) is 25.4 Å². The van der Waals surface area contributed by atoms with E-state index in [4.69, 9.17) is 10.5 Å². The molecule has 0 unspecified atom stereocenters. The Bertz CT molecular complexity index is 709. The number of alkyl halides is 3. The zero-order chi connectivity index (χ0) is 15.5. The van der Waals surface area contributed by atoms with Gasteiger partial charge in [0.2, 0.25) is 0 Å². The summed E-state index contributed by atoms with van der Waals surface area (Å²) in [5, 5.41) is 25.6. The van der Waals surface area contributed by atoms with E-state index < -0.39 is 24.4 Å². The first-order chi connectivity index (χ1) is 9.89. The Hall–Kier alpha value is -2.61. The van der Waals surface area contributed by atoms with Crippen molar-refractivity contribution in [3.8, 4) is 12.1 Å². The number of fused-ring (bicyclic) bond motifs is 1. The topological polar surface area (TPSA) is 86.5 Å². The Morgan fingerprint density at radius 2 is 1.81 bits per heavy atom. The van der Waals surface area contributed by atoms with Crippen molar-refractivity contribution in [2.24, 2.45) is 5.41 Å². The van der Waals surface area contributed by atoms with E-state index in [1.165, 1.54) is 0 Å². The number of halogens is 3. The second-order valence-electron chi connectivity index (χ2n) is 4.65. The SMILES string of the molecule is N#CC(C#N)(CCC(F)(F)F)Cc1cccc2nonc12. The first kappa shape index (κ1) is 14.8. The molecule has 108 valence electrons. The largest absolute Gasteiger partial charge is 0.389 e. The van der Waals surface area contributed by atoms with Crippen LogP contribution < -0.4 is 0 Å². The second kappa shape index (κ2) is 5.41. The van der Waals surface area contributed by atoms with Gasteiger partial charge in [0.1, 0.15) is 16.4 Å². The minimum Gasteiger partial charge on any atom is -0.243 e. The fraction of sp³-hybridized carbons (Fsp3) is 0.385. The fourth-order valence-electron chi connectivity index (χ4n) is 1.99. The maximum atomic E-state index is 12.3. The molecule has 21 heavy (non-hydrogen) atoms. The van der Waals surface area contributed by atoms with Crippen LogP contribution >= 0.6 is 0 Å². The highest BCUT2D eigenvalue weighted by atomic mass is 19.4. The van der Waals surface area contributed by atoms with E-state index in [9.17, 15) is 13.2 Å². The van der Waals surface area contributed by atoms with E-state index in [1.807, 2.05) is 0 Å². The van der Waals surface area contributed by atoms with Crippen molar-refractivity contribution < 1.29 is 17.8 Å². The summed E-state index contributed by atoms with van der Waals surface area (Å²) in [6, 6.07) is 8.23. The van der Waals surface area contributed by atoms with Gasteiger partial charge in [-0.15, -0.1) is 0 Å². The van der Waals surface area contributed by atoms with Crippen LogP contribution in [0, 0.1) is 28.1 Å². The maximum absolute atomic E-state index is 12.3. The minimum absolute atomic E-state index is 0.165. The fourth-order valence-corrected chi connectivity index (χ4v) is 1.99. The van der Waals surface area contributed by atoms with Crippen LogP contribution in [0.5, 0.6) is 0 Å². The van der Waals surface area contributed by atoms with Crippen LogP contribution in [0.3, 0.4) is 0 Å². The lowest BCUT2D eigenvalue weighted by atomic mass is 9.80. The zero-order valence-electron chi connectivity index (χ0n) is 10.7. The van der Waals surface area contributed by atoms with Gasteiger partial charge in [0.15, 0.2) is 0 Å². The summed E-state index contributed by atoms with van der Waals surface area (Å²) in [5.41, 5.74) is -0.533. The van der Waals surface area contributed by atoms with Crippen LogP contribution in [0.2, 0.25) is 0 Å². The van der Waals surface area contributed by atoms with Crippen molar-refractivity contribution in [3.05, 3.63) is 23.8 Å². The minimum atomic E-state index is -4.42. The van der Waals surface area contributed by atoms with Crippen molar-refractivity contribution in [1.29, 1.82) is 10.5 Å². The van der Waals surface area contributed by atoms with E-state index >= 15 is 0 Å². The monoisotopic (exact) mass is 294 g/mol. The highest BCUT2D eigenvalue weighted by molar-refractivity contribution is 5.77. The van der Waals surface area contributed by atoms with Crippen LogP contribution in [0.25, 0.3) is 11.0 Å². The Kier molecular flexibility index (Phi) is 3.81. The summed E-state index contributed by atoms with van der Waals surface area (Å²) in [4.78, 5) is 0. The quantitative estimate of drug-likeness (QED) is 0.864. The molecule has 0 bridgehead atoms. The molecule has 0 fully saturated rings. The van der Waals surface area contributed by atoms with Crippen molar-refractivity contribution in [2.75, 3.05) is 0 Å². The molecule has 0 aliphatic carbocycles. The van der Waals surface area contributed by atoms with Crippen molar-refractivity contribution in [3.63, 3.8) is 0 Å². The lowest BCUT2D eigenvalue weighted by Crippen LogP contribution is -2.23. The smallest absolute Gasteiger partial charge is 0.243 e. The van der Waals surface area contributed by atoms with Gasteiger partial charge < -0.3 is 0 Å². The summed E-state index contributed by atoms with van der Waals surface area (Å²) < 4.78 is 41.6. The van der Waals surface area contributed by atoms with Gasteiger partial charge in [0.25, 0.3) is 0 Å². The van der Waals surface area contributed by atoms with Gasteiger partial charge in [-0.3, -0.25) is 0 Å². The van der Waals surface area contributed by atoms with Gasteiger partial charge in [-0.1, -0.05) is 12.1 Å². The molecule has 0 saturated heterocycles. The van der Waals surface area contributed by atoms with E-state index in [-0.39, 0.29) is 6.42 Å². The molecule has 2 rings (SSSR count). The van der Waals surface area contributed by atoms with Crippen LogP contribution in [0.15, 0.2) is 22.8 Å². The predicted molar refractivity (Wildman–Crippen MR) is 64.5 cm³/mol. The third-order valence-corrected chi connectivity index (χ3v) is 3.13. The molecule has 0 aliphatic rings. The molecule has 0 amide bonds. The highest BCUT2D eigenvalue weighted by Gasteiger charge is 2.37. The third-order valence-electron chi connectivity index (χ3n) is 3.13. The zero-order valence-corrected chi connectivity index (χ0v) is 10.7. The van der Waals surface area contributed by atoms with Crippen LogP contribution in [-0.2, 0) is 6.42 Å². The van der Waals surface area contributed by atoms with Gasteiger partial charge >= 0.3 is 6.18 Å². The lowest BCUT2D eigenvalue weighted by Gasteiger charge is -2.19. The number of hydrogen-bond donors (Lipinski definition) is 0. The van der Waals surface area contributed by atoms with Crippen LogP contribution in [0.4, 0.5) is 13.2 Å². The number of hydrogen-bond acceptors (Lipinski definition) is 5. The van der Waals surface area contributed by atoms with Gasteiger partial charge in [-0.25, -0.2) is 4.63 Å². The summed E-state index contributed by atoms with van der Waals surface area (Å²) in [5.74, 6) is 0. The first-order valence-electron chi connectivity index (χ1n) is 5.98. The van der Waals surface area contributed by atoms with Gasteiger partial charge in [-0.05, 0) is 28.4 Å². The van der Waals surface area contributed by atoms with Crippen LogP contribution in [-0.4, -0.2) is 16.5 Å². The average Bonchev–Trinajstić information content (AvgIpc) is 2.92. The van der Waals surface area contributed by atoms with Gasteiger partial charge in [-0.2, -0.15) is 23.7 Å². The van der Waals surface area contributed by atoms with Gasteiger partial charge in [0, 0.05) is 12.8 Å². The summed E-state index contributed by atoms with van der Waals surface area (Å²) in [7, 11) is 0. The van der Waals surface area contributed by atoms with E-state index in [0.29, 0.717) is 16.6 Å². The van der Waals surface area contributed by atoms with Crippen molar-refractivity contribution >= 4 is 11.0 Å². The Labute approximate surface area is 117 Å². The van der Waals surface area contributed by atoms with E-state index in [0.717, 1.165) is 0 Å². The molecule has 1 heterocycles. The summed E-state index contributed by atoms with van der Waals surface area (Å²) >= 11 is 0. The molecular formula is C13H9F3N4O. The molecule has 0 spiro atoms. The maximum Gasteiger partial charge on any atom is 0.389 e. The Morgan fingerprint density at radius 3 is 2.43 bits per heavy atom. The molecule has 2 aromatic rings. The molecule has 0 N–H and O–H groups in total. The Balaban J connectivity index is 2.30. The molecule has 8 heteroatoms. The molecule has 1 aromatic heterocycles. The third kappa shape index (κ3) is 3.29. The molecule has 0 saturated carbocycles. The van der Waals surface area contributed by atoms with E-state index in [1.54, 1.807) is 30.3 Å². The molecule has 5 nitrogen and oxygen atoms in total. The lowest BCUT2D eigenvalue weighted by molar-refractivity contribution is -0.138. The normalized spacial score (nSPS) is 12.0. The van der Waals surface area contributed by atoms with Crippen molar-refractivity contribution in [1.82, 2.24) is 10.3 Å². The summed E-state index contributed by atoms with van der Waals surface area (Å²) in [6.07, 6.45) is -6.37. The number of aromatic nitrogens is 2. The standard InChI is InChI=1S/C13H9F3N4O/c14-13(15,16)5-4-12(7-17,8-18)6-9-2-1-3-10-11(9)20-21-19-10/h1-3H,4-6H2. The number of nitrogens with zero attached hydrogens (tertiary/aromatic N) is 4. The van der Waals surface area contributed by atoms with Crippen LogP contribution in [0.1, 0.15) is 18.4 Å².